The molecule has 0 bridgehead atoms. The van der Waals surface area contributed by atoms with Crippen LogP contribution in [0.5, 0.6) is 11.5 Å². The summed E-state index contributed by atoms with van der Waals surface area (Å²) in [5.74, 6) is 0.157. The molecule has 0 aliphatic heterocycles. The van der Waals surface area contributed by atoms with Gasteiger partial charge in [-0.3, -0.25) is 4.79 Å². The molecule has 1 amide bonds. The van der Waals surface area contributed by atoms with Crippen LogP contribution in [0.2, 0.25) is 0 Å². The summed E-state index contributed by atoms with van der Waals surface area (Å²) in [7, 11) is 1.46. The summed E-state index contributed by atoms with van der Waals surface area (Å²) in [6.07, 6.45) is 4.56. The van der Waals surface area contributed by atoms with Gasteiger partial charge >= 0.3 is 0 Å². The third kappa shape index (κ3) is 4.45. The Morgan fingerprint density at radius 2 is 2.18 bits per heavy atom. The van der Waals surface area contributed by atoms with Crippen LogP contribution in [0.25, 0.3) is 0 Å². The molecule has 7 nitrogen and oxygen atoms in total. The number of nitrogens with zero attached hydrogens (tertiary/aromatic N) is 3. The molecule has 114 valence electrons. The van der Waals surface area contributed by atoms with Gasteiger partial charge in [-0.25, -0.2) is 15.4 Å². The zero-order valence-corrected chi connectivity index (χ0v) is 12.6. The van der Waals surface area contributed by atoms with Gasteiger partial charge in [-0.2, -0.15) is 5.10 Å². The fourth-order valence-electron chi connectivity index (χ4n) is 1.50. The van der Waals surface area contributed by atoms with Gasteiger partial charge in [-0.1, -0.05) is 17.8 Å². The smallest absolute Gasteiger partial charge is 0.250 e. The first-order valence-electron chi connectivity index (χ1n) is 6.28. The highest BCUT2D eigenvalue weighted by molar-refractivity contribution is 7.99. The Bertz CT molecular complexity index is 664. The lowest BCUT2D eigenvalue weighted by atomic mass is 10.2. The minimum atomic E-state index is -0.295. The number of methoxy groups -OCH3 is 1. The van der Waals surface area contributed by atoms with E-state index >= 15 is 0 Å². The number of hydrogen-bond donors (Lipinski definition) is 2. The maximum atomic E-state index is 11.6. The van der Waals surface area contributed by atoms with Crippen molar-refractivity contribution >= 4 is 23.9 Å². The Balaban J connectivity index is 1.86. The molecular weight excluding hydrogens is 304 g/mol. The van der Waals surface area contributed by atoms with E-state index in [0.29, 0.717) is 16.5 Å². The molecule has 1 aromatic carbocycles. The molecule has 1 aromatic heterocycles. The van der Waals surface area contributed by atoms with Crippen LogP contribution in [0.15, 0.2) is 46.9 Å². The van der Waals surface area contributed by atoms with E-state index in [1.165, 1.54) is 25.1 Å². The van der Waals surface area contributed by atoms with Gasteiger partial charge < -0.3 is 9.84 Å². The number of thioether (sulfide) groups is 1. The van der Waals surface area contributed by atoms with Crippen molar-refractivity contribution < 1.29 is 14.6 Å². The van der Waals surface area contributed by atoms with E-state index in [4.69, 9.17) is 4.74 Å². The van der Waals surface area contributed by atoms with Gasteiger partial charge in [0.15, 0.2) is 16.7 Å². The highest BCUT2D eigenvalue weighted by atomic mass is 32.2. The zero-order chi connectivity index (χ0) is 15.8. The van der Waals surface area contributed by atoms with Crippen molar-refractivity contribution in [3.8, 4) is 11.5 Å². The number of phenols is 1. The molecule has 0 radical (unpaired) electrons. The quantitative estimate of drug-likeness (QED) is 0.362. The largest absolute Gasteiger partial charge is 0.504 e. The van der Waals surface area contributed by atoms with E-state index in [1.54, 1.807) is 36.7 Å². The van der Waals surface area contributed by atoms with Crippen LogP contribution in [0, 0.1) is 0 Å². The fraction of sp³-hybridized carbons (Fsp3) is 0.143. The second kappa shape index (κ2) is 7.99. The monoisotopic (exact) mass is 318 g/mol. The van der Waals surface area contributed by atoms with E-state index in [9.17, 15) is 9.90 Å². The highest BCUT2D eigenvalue weighted by Crippen LogP contribution is 2.27. The van der Waals surface area contributed by atoms with E-state index in [-0.39, 0.29) is 17.4 Å². The van der Waals surface area contributed by atoms with Gasteiger partial charge in [-0.15, -0.1) is 0 Å². The van der Waals surface area contributed by atoms with Gasteiger partial charge in [0, 0.05) is 18.0 Å². The fourth-order valence-corrected chi connectivity index (χ4v) is 2.10. The van der Waals surface area contributed by atoms with Gasteiger partial charge in [0.25, 0.3) is 5.91 Å². The van der Waals surface area contributed by atoms with E-state index in [2.05, 4.69) is 20.5 Å². The summed E-state index contributed by atoms with van der Waals surface area (Å²) in [5, 5.41) is 14.2. The summed E-state index contributed by atoms with van der Waals surface area (Å²) in [6, 6.07) is 6.70. The van der Waals surface area contributed by atoms with Crippen LogP contribution < -0.4 is 10.2 Å². The average molecular weight is 318 g/mol. The van der Waals surface area contributed by atoms with Crippen LogP contribution in [0.4, 0.5) is 0 Å². The predicted molar refractivity (Wildman–Crippen MR) is 83.2 cm³/mol. The number of ether oxygens (including phenoxy) is 1. The standard InChI is InChI=1S/C14H14N4O3S/c1-21-11-5-2-4-10(13(11)20)8-17-18-12(19)9-22-14-15-6-3-7-16-14/h2-8,20H,9H2,1H3,(H,18,19)/b17-8-. The number of carbonyl (C=O) groups is 1. The molecule has 0 unspecified atom stereocenters. The summed E-state index contributed by atoms with van der Waals surface area (Å²) < 4.78 is 4.98. The predicted octanol–water partition coefficient (Wildman–Crippen LogP) is 1.43. The number of benzene rings is 1. The normalized spacial score (nSPS) is 10.6. The number of phenolic OH excluding ortho intramolecular Hbond substituents is 1. The first-order chi connectivity index (χ1) is 10.7. The average Bonchev–Trinajstić information content (AvgIpc) is 2.55. The van der Waals surface area contributed by atoms with Crippen molar-refractivity contribution in [2.75, 3.05) is 12.9 Å². The molecule has 0 aliphatic carbocycles. The Morgan fingerprint density at radius 3 is 2.91 bits per heavy atom. The number of nitrogens with one attached hydrogen (secondary N) is 1. The van der Waals surface area contributed by atoms with Crippen LogP contribution in [0.1, 0.15) is 5.56 Å². The third-order valence-corrected chi connectivity index (χ3v) is 3.39. The van der Waals surface area contributed by atoms with Crippen LogP contribution in [-0.4, -0.2) is 40.1 Å². The van der Waals surface area contributed by atoms with Crippen molar-refractivity contribution in [1.29, 1.82) is 0 Å². The number of amides is 1. The SMILES string of the molecule is COc1cccc(/C=N\NC(=O)CSc2ncccn2)c1O. The molecule has 0 atom stereocenters. The van der Waals surface area contributed by atoms with Crippen molar-refractivity contribution in [1.82, 2.24) is 15.4 Å². The summed E-state index contributed by atoms with van der Waals surface area (Å²) in [5.41, 5.74) is 2.81. The molecule has 22 heavy (non-hydrogen) atoms. The molecule has 0 fully saturated rings. The maximum absolute atomic E-state index is 11.6. The molecule has 0 saturated heterocycles. The molecule has 2 rings (SSSR count). The second-order valence-corrected chi connectivity index (χ2v) is 4.95. The molecule has 0 spiro atoms. The summed E-state index contributed by atoms with van der Waals surface area (Å²) in [6.45, 7) is 0. The van der Waals surface area contributed by atoms with Crippen molar-refractivity contribution in [2.24, 2.45) is 5.10 Å². The first kappa shape index (κ1) is 15.8. The Labute approximate surface area is 131 Å². The Kier molecular flexibility index (Phi) is 5.73. The van der Waals surface area contributed by atoms with Crippen LogP contribution in [-0.2, 0) is 4.79 Å². The van der Waals surface area contributed by atoms with Crippen molar-refractivity contribution in [2.45, 2.75) is 5.16 Å². The van der Waals surface area contributed by atoms with Gasteiger partial charge in [0.05, 0.1) is 19.1 Å². The number of para-hydroxylation sites is 1. The van der Waals surface area contributed by atoms with E-state index in [0.717, 1.165) is 0 Å². The number of hydrogen-bond acceptors (Lipinski definition) is 7. The number of carbonyl (C=O) groups excluding carboxylic acids is 1. The van der Waals surface area contributed by atoms with E-state index < -0.39 is 0 Å². The van der Waals surface area contributed by atoms with Gasteiger partial charge in [0.1, 0.15) is 0 Å². The first-order valence-corrected chi connectivity index (χ1v) is 7.27. The van der Waals surface area contributed by atoms with Crippen molar-refractivity contribution in [3.63, 3.8) is 0 Å². The number of aromatic hydroxyl groups is 1. The Hall–Kier alpha value is -2.61. The topological polar surface area (TPSA) is 96.7 Å². The molecule has 0 aliphatic rings. The molecule has 2 aromatic rings. The Morgan fingerprint density at radius 1 is 1.41 bits per heavy atom. The van der Waals surface area contributed by atoms with E-state index in [1.807, 2.05) is 0 Å². The van der Waals surface area contributed by atoms with Gasteiger partial charge in [0.2, 0.25) is 0 Å². The lowest BCUT2D eigenvalue weighted by molar-refractivity contribution is -0.118. The summed E-state index contributed by atoms with van der Waals surface area (Å²) in [4.78, 5) is 19.6. The molecule has 0 saturated carbocycles. The van der Waals surface area contributed by atoms with Gasteiger partial charge in [-0.05, 0) is 18.2 Å². The lowest BCUT2D eigenvalue weighted by Gasteiger charge is -2.04. The van der Waals surface area contributed by atoms with Crippen LogP contribution in [0.3, 0.4) is 0 Å². The second-order valence-electron chi connectivity index (χ2n) is 4.01. The minimum Gasteiger partial charge on any atom is -0.504 e. The number of hydrazone groups is 1. The zero-order valence-electron chi connectivity index (χ0n) is 11.8. The third-order valence-electron chi connectivity index (χ3n) is 2.52. The summed E-state index contributed by atoms with van der Waals surface area (Å²) >= 11 is 1.21. The lowest BCUT2D eigenvalue weighted by Crippen LogP contribution is -2.19. The molecule has 1 heterocycles. The van der Waals surface area contributed by atoms with Crippen LogP contribution >= 0.6 is 11.8 Å². The molecule has 2 N–H and O–H groups in total. The number of aromatic nitrogens is 2. The minimum absolute atomic E-state index is 0.0324. The molecular formula is C14H14N4O3S. The number of rotatable bonds is 6. The maximum Gasteiger partial charge on any atom is 0.250 e. The highest BCUT2D eigenvalue weighted by Gasteiger charge is 2.06. The van der Waals surface area contributed by atoms with Crippen molar-refractivity contribution in [3.05, 3.63) is 42.2 Å². The molecule has 8 heteroatoms.